The van der Waals surface area contributed by atoms with Crippen molar-refractivity contribution in [2.75, 3.05) is 50.0 Å². The lowest BCUT2D eigenvalue weighted by molar-refractivity contribution is 0.107. The molecule has 12 heteroatoms. The Morgan fingerprint density at radius 3 is 2.93 bits per heavy atom. The van der Waals surface area contributed by atoms with Crippen LogP contribution in [0.25, 0.3) is 33.1 Å². The number of halogens is 3. The molecule has 3 saturated heterocycles. The van der Waals surface area contributed by atoms with Crippen LogP contribution < -0.4 is 15.4 Å². The molecular weight excluding hydrogens is 547 g/mol. The van der Waals surface area contributed by atoms with Gasteiger partial charge < -0.3 is 20.1 Å². The second-order valence-corrected chi connectivity index (χ2v) is 11.6. The summed E-state index contributed by atoms with van der Waals surface area (Å²) in [5, 5.41) is 1.58. The molecule has 1 aromatic carbocycles. The third-order valence-electron chi connectivity index (χ3n) is 9.01. The van der Waals surface area contributed by atoms with Crippen molar-refractivity contribution < 1.29 is 25.4 Å². The molecule has 5 atom stereocenters. The van der Waals surface area contributed by atoms with Crippen molar-refractivity contribution in [1.82, 2.24) is 24.8 Å². The van der Waals surface area contributed by atoms with E-state index in [-0.39, 0.29) is 66.0 Å². The van der Waals surface area contributed by atoms with E-state index in [4.69, 9.17) is 17.9 Å². The van der Waals surface area contributed by atoms with Crippen LogP contribution in [0.5, 0.6) is 6.01 Å². The minimum Gasteiger partial charge on any atom is -0.461 e. The lowest BCUT2D eigenvalue weighted by Gasteiger charge is -2.31. The van der Waals surface area contributed by atoms with Crippen LogP contribution in [0.4, 0.5) is 24.8 Å². The van der Waals surface area contributed by atoms with Crippen molar-refractivity contribution in [2.45, 2.75) is 43.2 Å². The molecule has 0 bridgehead atoms. The van der Waals surface area contributed by atoms with E-state index in [0.717, 1.165) is 5.39 Å². The second-order valence-electron chi connectivity index (χ2n) is 11.6. The number of hydrogen-bond donors (Lipinski definition) is 1. The van der Waals surface area contributed by atoms with Crippen LogP contribution in [-0.4, -0.2) is 88.2 Å². The molecule has 8 rings (SSSR count). The van der Waals surface area contributed by atoms with Gasteiger partial charge in [-0.1, -0.05) is 24.3 Å². The molecule has 218 valence electrons. The van der Waals surface area contributed by atoms with E-state index >= 15 is 4.39 Å². The Morgan fingerprint density at radius 2 is 2.02 bits per heavy atom. The Bertz CT molecular complexity index is 1800. The van der Waals surface area contributed by atoms with Gasteiger partial charge in [0.15, 0.2) is 5.82 Å². The van der Waals surface area contributed by atoms with Crippen LogP contribution in [0.3, 0.4) is 0 Å². The predicted octanol–water partition coefficient (Wildman–Crippen LogP) is 4.09. The number of aromatic nitrogens is 4. The first-order valence-electron chi connectivity index (χ1n) is 15.3. The molecule has 42 heavy (non-hydrogen) atoms. The average molecular weight is 580 g/mol. The number of nitrogen functional groups attached to an aromatic ring is 1. The molecule has 3 aromatic heterocycles. The quantitative estimate of drug-likeness (QED) is 0.375. The van der Waals surface area contributed by atoms with Gasteiger partial charge in [0.2, 0.25) is 0 Å². The van der Waals surface area contributed by atoms with E-state index in [9.17, 15) is 8.78 Å². The Balaban J connectivity index is 1.30. The maximum atomic E-state index is 16.6. The maximum Gasteiger partial charge on any atom is 0.319 e. The smallest absolute Gasteiger partial charge is 0.319 e. The molecule has 4 fully saturated rings. The zero-order chi connectivity index (χ0) is 30.4. The van der Waals surface area contributed by atoms with Crippen LogP contribution in [0.1, 0.15) is 22.0 Å². The zero-order valence-electron chi connectivity index (χ0n) is 24.6. The molecule has 2 N–H and O–H groups in total. The van der Waals surface area contributed by atoms with Crippen LogP contribution in [0.15, 0.2) is 36.5 Å². The average Bonchev–Trinajstić information content (AvgIpc) is 3.35. The minimum absolute atomic E-state index is 0.0339. The van der Waals surface area contributed by atoms with Gasteiger partial charge in [-0.3, -0.25) is 9.88 Å². The molecule has 0 amide bonds. The highest BCUT2D eigenvalue weighted by Gasteiger charge is 2.56. The molecule has 1 saturated carbocycles. The summed E-state index contributed by atoms with van der Waals surface area (Å²) in [6.07, 6.45) is 0.113. The van der Waals surface area contributed by atoms with Gasteiger partial charge in [-0.15, -0.1) is 0 Å². The minimum atomic E-state index is -2.40. The Morgan fingerprint density at radius 1 is 1.14 bits per heavy atom. The molecule has 1 aliphatic carbocycles. The number of hydrogen-bond acceptors (Lipinski definition) is 9. The monoisotopic (exact) mass is 579 g/mol. The summed E-state index contributed by atoms with van der Waals surface area (Å²) in [5.41, 5.74) is 4.78. The molecule has 0 spiro atoms. The SMILES string of the molecule is [2H]C([2H])(Oc1nc(N2CCOC[C@H]3[C@H](F)[C@H]32)c2cnc(-c3nc(N)cc4ccccc34)c(F)c2n1)[C@@]12CCCN1C[C@H](F)C2. The molecule has 9 nitrogen and oxygen atoms in total. The van der Waals surface area contributed by atoms with E-state index in [0.29, 0.717) is 31.4 Å². The number of alkyl halides is 2. The summed E-state index contributed by atoms with van der Waals surface area (Å²) in [7, 11) is 0. The molecular formula is C30H30F3N7O2. The number of benzene rings is 1. The fourth-order valence-electron chi connectivity index (χ4n) is 6.94. The molecule has 6 heterocycles. The molecule has 4 aliphatic rings. The maximum absolute atomic E-state index is 16.6. The second kappa shape index (κ2) is 9.63. The van der Waals surface area contributed by atoms with Gasteiger partial charge in [0.25, 0.3) is 0 Å². The summed E-state index contributed by atoms with van der Waals surface area (Å²) < 4.78 is 75.6. The zero-order valence-corrected chi connectivity index (χ0v) is 22.6. The Kier molecular flexibility index (Phi) is 5.45. The van der Waals surface area contributed by atoms with Crippen LogP contribution in [0.2, 0.25) is 0 Å². The number of nitrogens with zero attached hydrogens (tertiary/aromatic N) is 6. The van der Waals surface area contributed by atoms with Gasteiger partial charge >= 0.3 is 6.01 Å². The number of fused-ring (bicyclic) bond motifs is 4. The van der Waals surface area contributed by atoms with Gasteiger partial charge in [-0.25, -0.2) is 18.2 Å². The van der Waals surface area contributed by atoms with Crippen LogP contribution >= 0.6 is 0 Å². The van der Waals surface area contributed by atoms with E-state index in [1.807, 2.05) is 12.1 Å². The third kappa shape index (κ3) is 4.06. The van der Waals surface area contributed by atoms with Gasteiger partial charge in [0.1, 0.15) is 47.4 Å². The summed E-state index contributed by atoms with van der Waals surface area (Å²) in [5.74, 6) is -0.855. The lowest BCUT2D eigenvalue weighted by Crippen LogP contribution is -2.43. The van der Waals surface area contributed by atoms with Crippen molar-refractivity contribution in [2.24, 2.45) is 5.92 Å². The first-order valence-corrected chi connectivity index (χ1v) is 14.3. The van der Waals surface area contributed by atoms with E-state index in [1.54, 1.807) is 28.0 Å². The van der Waals surface area contributed by atoms with Crippen LogP contribution in [-0.2, 0) is 4.74 Å². The van der Waals surface area contributed by atoms with Crippen LogP contribution in [0, 0.1) is 11.7 Å². The summed E-state index contributed by atoms with van der Waals surface area (Å²) in [4.78, 5) is 21.2. The van der Waals surface area contributed by atoms with E-state index in [1.165, 1.54) is 6.20 Å². The first kappa shape index (κ1) is 23.8. The van der Waals surface area contributed by atoms with Gasteiger partial charge in [0.05, 0.1) is 32.9 Å². The largest absolute Gasteiger partial charge is 0.461 e. The molecule has 3 aliphatic heterocycles. The summed E-state index contributed by atoms with van der Waals surface area (Å²) >= 11 is 0. The van der Waals surface area contributed by atoms with Gasteiger partial charge in [-0.05, 0) is 30.8 Å². The number of ether oxygens (including phenoxy) is 2. The van der Waals surface area contributed by atoms with E-state index < -0.39 is 42.3 Å². The molecule has 0 radical (unpaired) electrons. The standard InChI is InChI=1S/C30H30F3N7O2/c31-17-11-30(6-3-7-39(30)13-17)15-42-29-37-24-19(28(38-29)40-8-9-41-14-20-22(32)27(20)40)12-35-26(23(24)33)25-18-5-2-1-4-16(18)10-21(34)36-25/h1-2,4-5,10,12,17,20,22,27H,3,6-9,11,13-15H2,(H2,34,36)/t17-,20+,22+,27+,30+/m1/s1/i15D2. The topological polar surface area (TPSA) is 103 Å². The predicted molar refractivity (Wildman–Crippen MR) is 151 cm³/mol. The third-order valence-corrected chi connectivity index (χ3v) is 9.01. The Labute approximate surface area is 242 Å². The van der Waals surface area contributed by atoms with E-state index in [2.05, 4.69) is 19.9 Å². The summed E-state index contributed by atoms with van der Waals surface area (Å²) in [6.45, 7) is -0.915. The van der Waals surface area contributed by atoms with Gasteiger partial charge in [0, 0.05) is 37.0 Å². The highest BCUT2D eigenvalue weighted by molar-refractivity contribution is 5.98. The first-order chi connectivity index (χ1) is 21.2. The number of nitrogens with two attached hydrogens (primary N) is 1. The fourth-order valence-corrected chi connectivity index (χ4v) is 6.94. The van der Waals surface area contributed by atoms with Crippen molar-refractivity contribution in [1.29, 1.82) is 0 Å². The lowest BCUT2D eigenvalue weighted by atomic mass is 9.95. The molecule has 4 aromatic rings. The highest BCUT2D eigenvalue weighted by Crippen LogP contribution is 2.45. The van der Waals surface area contributed by atoms with Crippen molar-refractivity contribution in [3.8, 4) is 17.4 Å². The number of pyridine rings is 2. The number of anilines is 2. The molecule has 0 unspecified atom stereocenters. The van der Waals surface area contributed by atoms with Gasteiger partial charge in [-0.2, -0.15) is 9.97 Å². The Hall–Kier alpha value is -3.77. The van der Waals surface area contributed by atoms with Crippen molar-refractivity contribution in [3.63, 3.8) is 0 Å². The normalized spacial score (nSPS) is 30.1. The van der Waals surface area contributed by atoms with Crippen molar-refractivity contribution in [3.05, 3.63) is 42.3 Å². The highest BCUT2D eigenvalue weighted by atomic mass is 19.1. The van der Waals surface area contributed by atoms with Crippen molar-refractivity contribution >= 4 is 33.3 Å². The number of rotatable bonds is 5. The summed E-state index contributed by atoms with van der Waals surface area (Å²) in [6, 6.07) is 7.96. The fraction of sp³-hybridized carbons (Fsp3) is 0.467.